The summed E-state index contributed by atoms with van der Waals surface area (Å²) in [6, 6.07) is 14.6. The van der Waals surface area contributed by atoms with Crippen molar-refractivity contribution < 1.29 is 18.3 Å². The van der Waals surface area contributed by atoms with Gasteiger partial charge in [-0.1, -0.05) is 30.3 Å². The molecule has 0 saturated heterocycles. The van der Waals surface area contributed by atoms with E-state index < -0.39 is 17.6 Å². The monoisotopic (exact) mass is 341 g/mol. The Bertz CT molecular complexity index is 888. The fraction of sp³-hybridized carbons (Fsp3) is 0.150. The topological polar surface area (TPSA) is 31.2 Å². The Morgan fingerprint density at radius 2 is 1.84 bits per heavy atom. The Morgan fingerprint density at radius 3 is 2.56 bits per heavy atom. The van der Waals surface area contributed by atoms with Crippen molar-refractivity contribution in [1.82, 2.24) is 4.57 Å². The van der Waals surface area contributed by atoms with E-state index in [9.17, 15) is 13.6 Å². The van der Waals surface area contributed by atoms with Crippen LogP contribution in [0.15, 0.2) is 60.8 Å². The lowest BCUT2D eigenvalue weighted by Crippen LogP contribution is -2.11. The number of aromatic nitrogens is 1. The molecule has 0 spiro atoms. The first-order chi connectivity index (χ1) is 12.1. The molecule has 5 heteroatoms. The summed E-state index contributed by atoms with van der Waals surface area (Å²) in [6.07, 6.45) is 2.34. The highest BCUT2D eigenvalue weighted by atomic mass is 19.1. The van der Waals surface area contributed by atoms with E-state index >= 15 is 0 Å². The van der Waals surface area contributed by atoms with Crippen LogP contribution in [0.3, 0.4) is 0 Å². The molecule has 0 unspecified atom stereocenters. The van der Waals surface area contributed by atoms with Crippen LogP contribution in [0.4, 0.5) is 8.78 Å². The van der Waals surface area contributed by atoms with Gasteiger partial charge in [0.1, 0.15) is 17.3 Å². The van der Waals surface area contributed by atoms with Crippen molar-refractivity contribution >= 4 is 5.97 Å². The molecule has 3 nitrogen and oxygen atoms in total. The number of nitrogens with zero attached hydrogens (tertiary/aromatic N) is 1. The second-order valence-corrected chi connectivity index (χ2v) is 5.66. The van der Waals surface area contributed by atoms with Gasteiger partial charge in [0.05, 0.1) is 7.11 Å². The molecule has 0 fully saturated rings. The molecule has 0 N–H and O–H groups in total. The molecule has 1 aromatic heterocycles. The Balaban J connectivity index is 1.95. The van der Waals surface area contributed by atoms with Crippen LogP contribution in [0, 0.1) is 11.6 Å². The predicted octanol–water partition coefficient (Wildman–Crippen LogP) is 4.46. The van der Waals surface area contributed by atoms with Gasteiger partial charge in [-0.05, 0) is 36.2 Å². The number of hydrogen-bond acceptors (Lipinski definition) is 2. The maximum Gasteiger partial charge on any atom is 0.354 e. The summed E-state index contributed by atoms with van der Waals surface area (Å²) in [5.41, 5.74) is 1.97. The van der Waals surface area contributed by atoms with Crippen LogP contribution in [0.1, 0.15) is 16.1 Å². The van der Waals surface area contributed by atoms with Gasteiger partial charge < -0.3 is 9.30 Å². The first-order valence-corrected chi connectivity index (χ1v) is 7.86. The number of rotatable bonds is 5. The fourth-order valence-electron chi connectivity index (χ4n) is 2.73. The molecular formula is C20H17F2NO2. The average molecular weight is 341 g/mol. The van der Waals surface area contributed by atoms with Crippen molar-refractivity contribution in [3.8, 4) is 11.1 Å². The number of esters is 1. The van der Waals surface area contributed by atoms with Gasteiger partial charge in [0.2, 0.25) is 0 Å². The highest BCUT2D eigenvalue weighted by Gasteiger charge is 2.17. The SMILES string of the molecule is COC(=O)c1cc(-c2cc(F)ccc2F)cn1CCc1ccccc1. The lowest BCUT2D eigenvalue weighted by molar-refractivity contribution is 0.0588. The van der Waals surface area contributed by atoms with Gasteiger partial charge in [-0.15, -0.1) is 0 Å². The number of carbonyl (C=O) groups excluding carboxylic acids is 1. The highest BCUT2D eigenvalue weighted by molar-refractivity contribution is 5.89. The minimum atomic E-state index is -0.543. The third-order valence-corrected chi connectivity index (χ3v) is 4.01. The van der Waals surface area contributed by atoms with E-state index in [0.29, 0.717) is 24.2 Å². The maximum atomic E-state index is 14.0. The summed E-state index contributed by atoms with van der Waals surface area (Å²) in [4.78, 5) is 12.0. The normalized spacial score (nSPS) is 10.7. The molecule has 128 valence electrons. The van der Waals surface area contributed by atoms with Crippen molar-refractivity contribution in [2.45, 2.75) is 13.0 Å². The second-order valence-electron chi connectivity index (χ2n) is 5.66. The quantitative estimate of drug-likeness (QED) is 0.642. The van der Waals surface area contributed by atoms with E-state index in [1.807, 2.05) is 30.3 Å². The van der Waals surface area contributed by atoms with Crippen LogP contribution in [-0.4, -0.2) is 17.6 Å². The molecule has 3 rings (SSSR count). The lowest BCUT2D eigenvalue weighted by atomic mass is 10.1. The molecule has 0 saturated carbocycles. The van der Waals surface area contributed by atoms with Gasteiger partial charge in [-0.2, -0.15) is 0 Å². The van der Waals surface area contributed by atoms with Gasteiger partial charge in [-0.25, -0.2) is 13.6 Å². The van der Waals surface area contributed by atoms with Crippen LogP contribution in [-0.2, 0) is 17.7 Å². The number of ether oxygens (including phenoxy) is 1. The number of carbonyl (C=O) groups is 1. The Hall–Kier alpha value is -2.95. The van der Waals surface area contributed by atoms with Crippen molar-refractivity contribution in [2.75, 3.05) is 7.11 Å². The number of benzene rings is 2. The number of hydrogen-bond donors (Lipinski definition) is 0. The molecular weight excluding hydrogens is 324 g/mol. The molecule has 3 aromatic rings. The summed E-state index contributed by atoms with van der Waals surface area (Å²) in [5, 5.41) is 0. The molecule has 0 aliphatic heterocycles. The first kappa shape index (κ1) is 16.9. The van der Waals surface area contributed by atoms with Crippen molar-refractivity contribution in [1.29, 1.82) is 0 Å². The zero-order valence-corrected chi connectivity index (χ0v) is 13.7. The summed E-state index contributed by atoms with van der Waals surface area (Å²) in [7, 11) is 1.29. The second kappa shape index (κ2) is 7.30. The van der Waals surface area contributed by atoms with Crippen molar-refractivity contribution in [3.63, 3.8) is 0 Å². The largest absolute Gasteiger partial charge is 0.464 e. The number of halogens is 2. The van der Waals surface area contributed by atoms with Gasteiger partial charge in [0.15, 0.2) is 0 Å². The predicted molar refractivity (Wildman–Crippen MR) is 91.3 cm³/mol. The van der Waals surface area contributed by atoms with E-state index in [-0.39, 0.29) is 5.56 Å². The van der Waals surface area contributed by atoms with Gasteiger partial charge in [0, 0.05) is 23.9 Å². The highest BCUT2D eigenvalue weighted by Crippen LogP contribution is 2.26. The lowest BCUT2D eigenvalue weighted by Gasteiger charge is -2.07. The summed E-state index contributed by atoms with van der Waals surface area (Å²) in [6.45, 7) is 0.519. The summed E-state index contributed by atoms with van der Waals surface area (Å²) < 4.78 is 34.0. The van der Waals surface area contributed by atoms with Crippen LogP contribution in [0.25, 0.3) is 11.1 Å². The average Bonchev–Trinajstić information content (AvgIpc) is 3.06. The van der Waals surface area contributed by atoms with Crippen molar-refractivity contribution in [2.24, 2.45) is 0 Å². The van der Waals surface area contributed by atoms with Gasteiger partial charge >= 0.3 is 5.97 Å². The number of aryl methyl sites for hydroxylation is 2. The Kier molecular flexibility index (Phi) is 4.93. The Morgan fingerprint density at radius 1 is 1.08 bits per heavy atom. The smallest absolute Gasteiger partial charge is 0.354 e. The van der Waals surface area contributed by atoms with E-state index in [1.165, 1.54) is 13.2 Å². The van der Waals surface area contributed by atoms with Crippen LogP contribution >= 0.6 is 0 Å². The van der Waals surface area contributed by atoms with E-state index in [2.05, 4.69) is 0 Å². The molecule has 0 atom stereocenters. The molecule has 0 radical (unpaired) electrons. The zero-order valence-electron chi connectivity index (χ0n) is 13.7. The van der Waals surface area contributed by atoms with Gasteiger partial charge in [-0.3, -0.25) is 0 Å². The molecule has 1 heterocycles. The third-order valence-electron chi connectivity index (χ3n) is 4.01. The van der Waals surface area contributed by atoms with E-state index in [4.69, 9.17) is 4.74 Å². The Labute approximate surface area is 144 Å². The fourth-order valence-corrected chi connectivity index (χ4v) is 2.73. The molecule has 0 aliphatic carbocycles. The third kappa shape index (κ3) is 3.76. The van der Waals surface area contributed by atoms with Crippen molar-refractivity contribution in [3.05, 3.63) is 83.7 Å². The molecule has 0 amide bonds. The molecule has 25 heavy (non-hydrogen) atoms. The van der Waals surface area contributed by atoms with Crippen LogP contribution in [0.2, 0.25) is 0 Å². The molecule has 0 bridgehead atoms. The van der Waals surface area contributed by atoms with Gasteiger partial charge in [0.25, 0.3) is 0 Å². The minimum Gasteiger partial charge on any atom is -0.464 e. The summed E-state index contributed by atoms with van der Waals surface area (Å²) in [5.74, 6) is -1.60. The standard InChI is InChI=1S/C20H17F2NO2/c1-25-20(24)19-11-15(17-12-16(21)7-8-18(17)22)13-23(19)10-9-14-5-3-2-4-6-14/h2-8,11-13H,9-10H2,1H3. The minimum absolute atomic E-state index is 0.114. The van der Waals surface area contributed by atoms with E-state index in [1.54, 1.807) is 10.8 Å². The van der Waals surface area contributed by atoms with Crippen LogP contribution in [0.5, 0.6) is 0 Å². The maximum absolute atomic E-state index is 14.0. The zero-order chi connectivity index (χ0) is 17.8. The van der Waals surface area contributed by atoms with E-state index in [0.717, 1.165) is 23.8 Å². The molecule has 2 aromatic carbocycles. The van der Waals surface area contributed by atoms with Crippen LogP contribution < -0.4 is 0 Å². The number of methoxy groups -OCH3 is 1. The first-order valence-electron chi connectivity index (χ1n) is 7.86. The summed E-state index contributed by atoms with van der Waals surface area (Å²) >= 11 is 0. The molecule has 0 aliphatic rings.